The molecule has 0 bridgehead atoms. The third-order valence-electron chi connectivity index (χ3n) is 3.87. The van der Waals surface area contributed by atoms with Crippen LogP contribution in [0.5, 0.6) is 0 Å². The molecule has 1 fully saturated rings. The van der Waals surface area contributed by atoms with Crippen LogP contribution in [0.15, 0.2) is 0 Å². The van der Waals surface area contributed by atoms with Gasteiger partial charge < -0.3 is 10.6 Å². The van der Waals surface area contributed by atoms with Gasteiger partial charge in [-0.2, -0.15) is 0 Å². The largest absolute Gasteiger partial charge is 0.341 e. The van der Waals surface area contributed by atoms with Crippen LogP contribution in [-0.2, 0) is 4.79 Å². The molecular weight excluding hydrogens is 214 g/mol. The van der Waals surface area contributed by atoms with Gasteiger partial charge in [-0.15, -0.1) is 0 Å². The van der Waals surface area contributed by atoms with E-state index in [0.29, 0.717) is 12.6 Å². The van der Waals surface area contributed by atoms with Crippen LogP contribution in [0.25, 0.3) is 0 Å². The maximum Gasteiger partial charge on any atom is 0.229 e. The fourth-order valence-corrected chi connectivity index (χ4v) is 2.48. The maximum absolute atomic E-state index is 12.3. The zero-order valence-corrected chi connectivity index (χ0v) is 11.7. The Balaban J connectivity index is 2.59. The summed E-state index contributed by atoms with van der Waals surface area (Å²) in [5.74, 6) is 0.203. The summed E-state index contributed by atoms with van der Waals surface area (Å²) >= 11 is 0. The van der Waals surface area contributed by atoms with Crippen LogP contribution in [0.2, 0.25) is 0 Å². The van der Waals surface area contributed by atoms with Crippen LogP contribution in [0.1, 0.15) is 34.1 Å². The Kier molecular flexibility index (Phi) is 4.95. The number of likely N-dealkylation sites (N-methyl/N-ethyl adjacent to an activating group) is 1. The second-order valence-electron chi connectivity index (χ2n) is 5.50. The third-order valence-corrected chi connectivity index (χ3v) is 3.87. The second-order valence-corrected chi connectivity index (χ2v) is 5.50. The van der Waals surface area contributed by atoms with E-state index >= 15 is 0 Å². The van der Waals surface area contributed by atoms with Gasteiger partial charge in [0, 0.05) is 25.7 Å². The fourth-order valence-electron chi connectivity index (χ4n) is 2.48. The summed E-state index contributed by atoms with van der Waals surface area (Å²) in [4.78, 5) is 16.7. The number of carbonyl (C=O) groups is 1. The molecule has 1 aliphatic heterocycles. The van der Waals surface area contributed by atoms with Crippen molar-refractivity contribution in [3.05, 3.63) is 0 Å². The Hall–Kier alpha value is -0.610. The summed E-state index contributed by atoms with van der Waals surface area (Å²) < 4.78 is 0. The van der Waals surface area contributed by atoms with Crippen LogP contribution in [0, 0.1) is 5.41 Å². The molecule has 1 heterocycles. The van der Waals surface area contributed by atoms with Gasteiger partial charge in [0.2, 0.25) is 5.91 Å². The Morgan fingerprint density at radius 2 is 2.00 bits per heavy atom. The summed E-state index contributed by atoms with van der Waals surface area (Å²) in [7, 11) is 0. The molecule has 0 aromatic carbocycles. The molecule has 1 unspecified atom stereocenters. The first-order chi connectivity index (χ1) is 7.96. The van der Waals surface area contributed by atoms with Gasteiger partial charge in [-0.25, -0.2) is 0 Å². The van der Waals surface area contributed by atoms with E-state index in [0.717, 1.165) is 32.6 Å². The van der Waals surface area contributed by atoms with Crippen molar-refractivity contribution in [3.63, 3.8) is 0 Å². The fraction of sp³-hybridized carbons (Fsp3) is 0.923. The predicted octanol–water partition coefficient (Wildman–Crippen LogP) is 0.914. The topological polar surface area (TPSA) is 49.6 Å². The number of rotatable bonds is 5. The van der Waals surface area contributed by atoms with E-state index in [-0.39, 0.29) is 5.91 Å². The molecule has 1 amide bonds. The van der Waals surface area contributed by atoms with Gasteiger partial charge in [-0.3, -0.25) is 9.69 Å². The van der Waals surface area contributed by atoms with Crippen molar-refractivity contribution in [2.75, 3.05) is 32.7 Å². The van der Waals surface area contributed by atoms with Gasteiger partial charge in [-0.1, -0.05) is 13.8 Å². The van der Waals surface area contributed by atoms with E-state index in [1.807, 2.05) is 18.7 Å². The van der Waals surface area contributed by atoms with Crippen LogP contribution < -0.4 is 5.73 Å². The molecule has 1 saturated heterocycles. The normalized spacial score (nSPS) is 21.3. The third kappa shape index (κ3) is 3.19. The number of hydrogen-bond donors (Lipinski definition) is 1. The van der Waals surface area contributed by atoms with Crippen molar-refractivity contribution in [3.8, 4) is 0 Å². The monoisotopic (exact) mass is 241 g/mol. The highest BCUT2D eigenvalue weighted by molar-refractivity contribution is 5.82. The highest BCUT2D eigenvalue weighted by atomic mass is 16.2. The second kappa shape index (κ2) is 5.83. The molecule has 0 spiro atoms. The van der Waals surface area contributed by atoms with Crippen LogP contribution in [-0.4, -0.2) is 54.5 Å². The Bertz CT molecular complexity index is 261. The van der Waals surface area contributed by atoms with Crippen molar-refractivity contribution in [1.82, 2.24) is 9.80 Å². The van der Waals surface area contributed by atoms with Crippen molar-refractivity contribution < 1.29 is 4.79 Å². The van der Waals surface area contributed by atoms with Gasteiger partial charge in [-0.05, 0) is 33.4 Å². The molecule has 1 rings (SSSR count). The Morgan fingerprint density at radius 3 is 2.47 bits per heavy atom. The van der Waals surface area contributed by atoms with Crippen molar-refractivity contribution in [1.29, 1.82) is 0 Å². The number of nitrogens with zero attached hydrogens (tertiary/aromatic N) is 2. The van der Waals surface area contributed by atoms with Gasteiger partial charge in [0.1, 0.15) is 0 Å². The lowest BCUT2D eigenvalue weighted by Crippen LogP contribution is -2.45. The quantitative estimate of drug-likeness (QED) is 0.778. The summed E-state index contributed by atoms with van der Waals surface area (Å²) in [5.41, 5.74) is 5.25. The van der Waals surface area contributed by atoms with Crippen LogP contribution in [0.4, 0.5) is 0 Å². The number of hydrogen-bond acceptors (Lipinski definition) is 3. The highest BCUT2D eigenvalue weighted by Gasteiger charge is 2.36. The molecule has 1 atom stereocenters. The summed E-state index contributed by atoms with van der Waals surface area (Å²) in [5, 5.41) is 0. The minimum absolute atomic E-state index is 0.203. The maximum atomic E-state index is 12.3. The first-order valence-electron chi connectivity index (χ1n) is 6.69. The number of nitrogens with two attached hydrogens (primary N) is 1. The molecule has 100 valence electrons. The molecule has 4 nitrogen and oxygen atoms in total. The summed E-state index contributed by atoms with van der Waals surface area (Å²) in [6, 6.07) is 0.530. The molecule has 0 aliphatic carbocycles. The molecule has 0 aromatic rings. The minimum atomic E-state index is -0.419. The smallest absolute Gasteiger partial charge is 0.229 e. The Labute approximate surface area is 105 Å². The molecule has 0 radical (unpaired) electrons. The van der Waals surface area contributed by atoms with E-state index in [4.69, 9.17) is 5.73 Å². The molecule has 4 heteroatoms. The number of amides is 1. The molecule has 1 aliphatic rings. The Morgan fingerprint density at radius 1 is 1.41 bits per heavy atom. The van der Waals surface area contributed by atoms with Crippen molar-refractivity contribution >= 4 is 5.91 Å². The molecule has 0 aromatic heterocycles. The van der Waals surface area contributed by atoms with E-state index in [1.165, 1.54) is 0 Å². The molecular formula is C13H27N3O. The average molecular weight is 241 g/mol. The van der Waals surface area contributed by atoms with E-state index in [1.54, 1.807) is 0 Å². The number of carbonyl (C=O) groups excluding carboxylic acids is 1. The summed E-state index contributed by atoms with van der Waals surface area (Å²) in [6.07, 6.45) is 1.09. The van der Waals surface area contributed by atoms with Gasteiger partial charge in [0.05, 0.1) is 5.41 Å². The van der Waals surface area contributed by atoms with Crippen molar-refractivity contribution in [2.45, 2.75) is 40.2 Å². The summed E-state index contributed by atoms with van der Waals surface area (Å²) in [6.45, 7) is 12.5. The lowest BCUT2D eigenvalue weighted by atomic mass is 9.92. The van der Waals surface area contributed by atoms with Gasteiger partial charge >= 0.3 is 0 Å². The lowest BCUT2D eigenvalue weighted by molar-refractivity contribution is -0.138. The van der Waals surface area contributed by atoms with E-state index in [2.05, 4.69) is 18.7 Å². The zero-order valence-electron chi connectivity index (χ0n) is 11.7. The van der Waals surface area contributed by atoms with Crippen LogP contribution >= 0.6 is 0 Å². The number of likely N-dealkylation sites (tertiary alicyclic amines) is 1. The highest BCUT2D eigenvalue weighted by Crippen LogP contribution is 2.23. The first kappa shape index (κ1) is 14.5. The minimum Gasteiger partial charge on any atom is -0.341 e. The molecule has 0 saturated carbocycles. The van der Waals surface area contributed by atoms with Gasteiger partial charge in [0.25, 0.3) is 0 Å². The first-order valence-corrected chi connectivity index (χ1v) is 6.69. The van der Waals surface area contributed by atoms with Gasteiger partial charge in [0.15, 0.2) is 0 Å². The van der Waals surface area contributed by atoms with Crippen LogP contribution in [0.3, 0.4) is 0 Å². The van der Waals surface area contributed by atoms with E-state index in [9.17, 15) is 4.79 Å². The van der Waals surface area contributed by atoms with E-state index < -0.39 is 5.41 Å². The average Bonchev–Trinajstić information content (AvgIpc) is 2.79. The molecule has 17 heavy (non-hydrogen) atoms. The standard InChI is InChI=1S/C13H27N3O/c1-5-15(6-2)11-7-8-16(9-11)12(17)13(3,4)10-14/h11H,5-10,14H2,1-4H3. The SMILES string of the molecule is CCN(CC)C1CCN(C(=O)C(C)(C)CN)C1. The predicted molar refractivity (Wildman–Crippen MR) is 70.7 cm³/mol. The van der Waals surface area contributed by atoms with Crippen molar-refractivity contribution in [2.24, 2.45) is 11.1 Å². The molecule has 2 N–H and O–H groups in total. The lowest BCUT2D eigenvalue weighted by Gasteiger charge is -2.30. The zero-order chi connectivity index (χ0) is 13.1.